The van der Waals surface area contributed by atoms with Crippen LogP contribution in [0.2, 0.25) is 5.02 Å². The van der Waals surface area contributed by atoms with Crippen LogP contribution in [0.4, 0.5) is 5.69 Å². The average Bonchev–Trinajstić information content (AvgIpc) is 2.37. The second-order valence-electron chi connectivity index (χ2n) is 3.56. The predicted molar refractivity (Wildman–Crippen MR) is 69.4 cm³/mol. The number of nitro groups is 1. The van der Waals surface area contributed by atoms with Gasteiger partial charge in [0.05, 0.1) is 12.0 Å². The van der Waals surface area contributed by atoms with Gasteiger partial charge in [0.1, 0.15) is 6.61 Å². The smallest absolute Gasteiger partial charge is 0.333 e. The molecular weight excluding hydrogens is 274 g/mol. The number of esters is 1. The van der Waals surface area contributed by atoms with Crippen LogP contribution in [0.5, 0.6) is 5.75 Å². The summed E-state index contributed by atoms with van der Waals surface area (Å²) < 4.78 is 9.74. The van der Waals surface area contributed by atoms with Gasteiger partial charge in [0.15, 0.2) is 5.75 Å². The van der Waals surface area contributed by atoms with Crippen molar-refractivity contribution >= 4 is 23.3 Å². The number of rotatable bonds is 5. The van der Waals surface area contributed by atoms with E-state index < -0.39 is 10.9 Å². The molecule has 7 heteroatoms. The molecule has 0 saturated heterocycles. The van der Waals surface area contributed by atoms with Gasteiger partial charge in [-0.1, -0.05) is 11.6 Å². The number of carbonyl (C=O) groups is 1. The van der Waals surface area contributed by atoms with Crippen LogP contribution in [0.25, 0.3) is 0 Å². The van der Waals surface area contributed by atoms with Crippen LogP contribution in [0, 0.1) is 10.1 Å². The number of hydrogen-bond acceptors (Lipinski definition) is 5. The number of nitrogens with zero attached hydrogens (tertiary/aromatic N) is 1. The van der Waals surface area contributed by atoms with Gasteiger partial charge in [-0.05, 0) is 19.1 Å². The molecule has 1 aromatic rings. The van der Waals surface area contributed by atoms with Gasteiger partial charge < -0.3 is 9.47 Å². The second-order valence-corrected chi connectivity index (χ2v) is 4.00. The van der Waals surface area contributed by atoms with Crippen molar-refractivity contribution in [1.82, 2.24) is 0 Å². The number of benzene rings is 1. The molecule has 0 N–H and O–H groups in total. The van der Waals surface area contributed by atoms with Crippen LogP contribution in [0.15, 0.2) is 29.8 Å². The normalized spacial score (nSPS) is 11.0. The van der Waals surface area contributed by atoms with Gasteiger partial charge in [-0.3, -0.25) is 10.1 Å². The first-order chi connectivity index (χ1) is 8.95. The lowest BCUT2D eigenvalue weighted by atomic mass is 10.3. The molecule has 102 valence electrons. The Morgan fingerprint density at radius 3 is 2.79 bits per heavy atom. The van der Waals surface area contributed by atoms with Crippen LogP contribution in [0.3, 0.4) is 0 Å². The zero-order chi connectivity index (χ0) is 14.4. The Labute approximate surface area is 114 Å². The number of nitro benzene ring substituents is 1. The SMILES string of the molecule is COC(=O)C(C)=CCOc1cc(Cl)ccc1[N+](=O)[O-]. The van der Waals surface area contributed by atoms with Crippen molar-refractivity contribution in [1.29, 1.82) is 0 Å². The molecule has 0 fully saturated rings. The highest BCUT2D eigenvalue weighted by Gasteiger charge is 2.15. The van der Waals surface area contributed by atoms with Gasteiger partial charge in [-0.15, -0.1) is 0 Å². The number of hydrogen-bond donors (Lipinski definition) is 0. The lowest BCUT2D eigenvalue weighted by molar-refractivity contribution is -0.385. The summed E-state index contributed by atoms with van der Waals surface area (Å²) in [6, 6.07) is 4.01. The summed E-state index contributed by atoms with van der Waals surface area (Å²) in [6.07, 6.45) is 1.47. The average molecular weight is 286 g/mol. The van der Waals surface area contributed by atoms with E-state index in [-0.39, 0.29) is 18.0 Å². The molecule has 0 aliphatic carbocycles. The van der Waals surface area contributed by atoms with Crippen LogP contribution < -0.4 is 4.74 Å². The van der Waals surface area contributed by atoms with Crippen molar-refractivity contribution in [2.45, 2.75) is 6.92 Å². The lowest BCUT2D eigenvalue weighted by Gasteiger charge is -2.05. The number of halogens is 1. The maximum Gasteiger partial charge on any atom is 0.333 e. The second kappa shape index (κ2) is 6.75. The van der Waals surface area contributed by atoms with Crippen molar-refractivity contribution in [3.05, 3.63) is 45.0 Å². The summed E-state index contributed by atoms with van der Waals surface area (Å²) in [6.45, 7) is 1.56. The molecular formula is C12H12ClNO5. The number of ether oxygens (including phenoxy) is 2. The highest BCUT2D eigenvalue weighted by molar-refractivity contribution is 6.30. The van der Waals surface area contributed by atoms with Gasteiger partial charge in [0.25, 0.3) is 0 Å². The molecule has 1 rings (SSSR count). The fraction of sp³-hybridized carbons (Fsp3) is 0.250. The van der Waals surface area contributed by atoms with Gasteiger partial charge >= 0.3 is 11.7 Å². The molecule has 0 amide bonds. The van der Waals surface area contributed by atoms with Crippen molar-refractivity contribution in [2.75, 3.05) is 13.7 Å². The van der Waals surface area contributed by atoms with Crippen LogP contribution in [0.1, 0.15) is 6.92 Å². The molecule has 0 radical (unpaired) electrons. The van der Waals surface area contributed by atoms with E-state index in [2.05, 4.69) is 4.74 Å². The van der Waals surface area contributed by atoms with E-state index in [0.717, 1.165) is 0 Å². The van der Waals surface area contributed by atoms with E-state index in [9.17, 15) is 14.9 Å². The lowest BCUT2D eigenvalue weighted by Crippen LogP contribution is -2.04. The molecule has 19 heavy (non-hydrogen) atoms. The van der Waals surface area contributed by atoms with Gasteiger partial charge in [-0.2, -0.15) is 0 Å². The Morgan fingerprint density at radius 1 is 1.53 bits per heavy atom. The van der Waals surface area contributed by atoms with E-state index >= 15 is 0 Å². The van der Waals surface area contributed by atoms with Gasteiger partial charge in [-0.25, -0.2) is 4.79 Å². The number of carbonyl (C=O) groups excluding carboxylic acids is 1. The standard InChI is InChI=1S/C12H12ClNO5/c1-8(12(15)18-2)5-6-19-11-7-9(13)3-4-10(11)14(16)17/h3-5,7H,6H2,1-2H3. The zero-order valence-electron chi connectivity index (χ0n) is 10.4. The summed E-state index contributed by atoms with van der Waals surface area (Å²) in [5, 5.41) is 11.1. The first-order valence-corrected chi connectivity index (χ1v) is 5.65. The zero-order valence-corrected chi connectivity index (χ0v) is 11.1. The molecule has 0 atom stereocenters. The highest BCUT2D eigenvalue weighted by atomic mass is 35.5. The predicted octanol–water partition coefficient (Wildman–Crippen LogP) is 2.75. The maximum absolute atomic E-state index is 11.1. The molecule has 0 aromatic heterocycles. The fourth-order valence-corrected chi connectivity index (χ4v) is 1.42. The molecule has 0 heterocycles. The Kier molecular flexibility index (Phi) is 5.32. The van der Waals surface area contributed by atoms with Gasteiger partial charge in [0, 0.05) is 22.7 Å². The van der Waals surface area contributed by atoms with Crippen LogP contribution >= 0.6 is 11.6 Å². The summed E-state index contributed by atoms with van der Waals surface area (Å²) in [4.78, 5) is 21.3. The van der Waals surface area contributed by atoms with E-state index in [4.69, 9.17) is 16.3 Å². The molecule has 0 saturated carbocycles. The first kappa shape index (κ1) is 15.0. The molecule has 1 aromatic carbocycles. The van der Waals surface area contributed by atoms with Gasteiger partial charge in [0.2, 0.25) is 0 Å². The van der Waals surface area contributed by atoms with E-state index in [1.165, 1.54) is 31.4 Å². The minimum Gasteiger partial charge on any atom is -0.483 e. The highest BCUT2D eigenvalue weighted by Crippen LogP contribution is 2.29. The van der Waals surface area contributed by atoms with Crippen molar-refractivity contribution < 1.29 is 19.2 Å². The maximum atomic E-state index is 11.1. The Morgan fingerprint density at radius 2 is 2.21 bits per heavy atom. The third kappa shape index (κ3) is 4.26. The molecule has 0 bridgehead atoms. The third-order valence-electron chi connectivity index (χ3n) is 2.25. The molecule has 0 aliphatic heterocycles. The summed E-state index contributed by atoms with van der Waals surface area (Å²) in [7, 11) is 1.27. The Bertz CT molecular complexity index is 527. The monoisotopic (exact) mass is 285 g/mol. The quantitative estimate of drug-likeness (QED) is 0.360. The Balaban J connectivity index is 2.80. The number of methoxy groups -OCH3 is 1. The first-order valence-electron chi connectivity index (χ1n) is 5.27. The molecule has 0 aliphatic rings. The van der Waals surface area contributed by atoms with E-state index in [1.807, 2.05) is 0 Å². The topological polar surface area (TPSA) is 78.7 Å². The molecule has 0 spiro atoms. The van der Waals surface area contributed by atoms with Crippen molar-refractivity contribution in [3.8, 4) is 5.75 Å². The summed E-state index contributed by atoms with van der Waals surface area (Å²) in [5.41, 5.74) is 0.167. The minimum atomic E-state index is -0.567. The fourth-order valence-electron chi connectivity index (χ4n) is 1.26. The van der Waals surface area contributed by atoms with E-state index in [1.54, 1.807) is 6.92 Å². The summed E-state index contributed by atoms with van der Waals surface area (Å²) >= 11 is 5.74. The summed E-state index contributed by atoms with van der Waals surface area (Å²) in [5.74, 6) is -0.435. The third-order valence-corrected chi connectivity index (χ3v) is 2.49. The van der Waals surface area contributed by atoms with Crippen molar-refractivity contribution in [2.24, 2.45) is 0 Å². The molecule has 0 unspecified atom stereocenters. The Hall–Kier alpha value is -2.08. The van der Waals surface area contributed by atoms with Crippen LogP contribution in [-0.4, -0.2) is 24.6 Å². The van der Waals surface area contributed by atoms with E-state index in [0.29, 0.717) is 10.6 Å². The minimum absolute atomic E-state index is 0.00210. The van der Waals surface area contributed by atoms with Crippen LogP contribution in [-0.2, 0) is 9.53 Å². The largest absolute Gasteiger partial charge is 0.483 e. The van der Waals surface area contributed by atoms with Crippen molar-refractivity contribution in [3.63, 3.8) is 0 Å². The molecule has 6 nitrogen and oxygen atoms in total.